The van der Waals surface area contributed by atoms with Crippen LogP contribution in [0.5, 0.6) is 5.75 Å². The fraction of sp³-hybridized carbons (Fsp3) is 0.400. The molecule has 11 heteroatoms. The Kier molecular flexibility index (Phi) is 6.42. The molecular weight excluding hydrogens is 420 g/mol. The molecule has 1 aromatic heterocycles. The van der Waals surface area contributed by atoms with Crippen LogP contribution >= 0.6 is 0 Å². The minimum absolute atomic E-state index is 0.00193. The molecular formula is C20H20F4N4O3. The zero-order chi connectivity index (χ0) is 22.8. The van der Waals surface area contributed by atoms with Gasteiger partial charge in [0.15, 0.2) is 0 Å². The number of anilines is 1. The summed E-state index contributed by atoms with van der Waals surface area (Å²) in [6.07, 6.45) is -7.02. The number of nitrogens with one attached hydrogen (secondary N) is 2. The number of ether oxygens (including phenoxy) is 1. The molecule has 3 rings (SSSR count). The summed E-state index contributed by atoms with van der Waals surface area (Å²) >= 11 is 0. The van der Waals surface area contributed by atoms with Crippen LogP contribution in [-0.2, 0) is 4.79 Å². The molecule has 1 aliphatic carbocycles. The molecule has 1 heterocycles. The van der Waals surface area contributed by atoms with Gasteiger partial charge in [-0.3, -0.25) is 14.9 Å². The van der Waals surface area contributed by atoms with Crippen LogP contribution in [-0.4, -0.2) is 34.3 Å². The molecule has 2 aromatic rings. The van der Waals surface area contributed by atoms with E-state index in [1.54, 1.807) is 13.8 Å². The maximum absolute atomic E-state index is 13.1. The molecule has 31 heavy (non-hydrogen) atoms. The molecule has 1 aromatic carbocycles. The Morgan fingerprint density at radius 3 is 2.55 bits per heavy atom. The fourth-order valence-electron chi connectivity index (χ4n) is 2.70. The van der Waals surface area contributed by atoms with Gasteiger partial charge in [-0.05, 0) is 50.5 Å². The van der Waals surface area contributed by atoms with Gasteiger partial charge in [0.05, 0.1) is 6.04 Å². The Morgan fingerprint density at radius 2 is 1.90 bits per heavy atom. The molecule has 1 atom stereocenters. The molecule has 2 N–H and O–H groups in total. The van der Waals surface area contributed by atoms with Crippen molar-refractivity contribution in [2.45, 2.75) is 45.3 Å². The largest absolute Gasteiger partial charge is 0.461 e. The minimum Gasteiger partial charge on any atom is -0.428 e. The highest BCUT2D eigenvalue weighted by Crippen LogP contribution is 2.30. The number of nitrogens with zero attached hydrogens (tertiary/aromatic N) is 2. The average Bonchev–Trinajstić information content (AvgIpc) is 3.52. The van der Waals surface area contributed by atoms with E-state index in [1.165, 1.54) is 18.2 Å². The summed E-state index contributed by atoms with van der Waals surface area (Å²) in [6, 6.07) is 5.85. The van der Waals surface area contributed by atoms with E-state index in [2.05, 4.69) is 25.3 Å². The Morgan fingerprint density at radius 1 is 1.19 bits per heavy atom. The van der Waals surface area contributed by atoms with Gasteiger partial charge < -0.3 is 10.1 Å². The predicted octanol–water partition coefficient (Wildman–Crippen LogP) is 3.86. The highest BCUT2D eigenvalue weighted by atomic mass is 19.3. The predicted molar refractivity (Wildman–Crippen MR) is 102 cm³/mol. The van der Waals surface area contributed by atoms with Crippen molar-refractivity contribution in [3.63, 3.8) is 0 Å². The van der Waals surface area contributed by atoms with E-state index in [0.717, 1.165) is 25.0 Å². The zero-order valence-corrected chi connectivity index (χ0v) is 16.7. The Labute approximate surface area is 175 Å². The van der Waals surface area contributed by atoms with Crippen LogP contribution in [0.25, 0.3) is 0 Å². The van der Waals surface area contributed by atoms with Gasteiger partial charge in [0, 0.05) is 11.6 Å². The van der Waals surface area contributed by atoms with Crippen LogP contribution < -0.4 is 15.4 Å². The maximum atomic E-state index is 13.1. The van der Waals surface area contributed by atoms with E-state index in [1.807, 2.05) is 0 Å². The average molecular weight is 440 g/mol. The van der Waals surface area contributed by atoms with Gasteiger partial charge in [0.1, 0.15) is 11.4 Å². The van der Waals surface area contributed by atoms with Gasteiger partial charge in [-0.1, -0.05) is 12.1 Å². The van der Waals surface area contributed by atoms with Crippen LogP contribution in [0.3, 0.4) is 0 Å². The fourth-order valence-corrected chi connectivity index (χ4v) is 2.70. The second kappa shape index (κ2) is 8.86. The van der Waals surface area contributed by atoms with E-state index in [-0.39, 0.29) is 23.5 Å². The van der Waals surface area contributed by atoms with E-state index in [9.17, 15) is 27.2 Å². The number of carbonyl (C=O) groups excluding carboxylic acids is 2. The first-order valence-corrected chi connectivity index (χ1v) is 9.47. The Balaban J connectivity index is 1.69. The van der Waals surface area contributed by atoms with Gasteiger partial charge in [0.25, 0.3) is 5.91 Å². The number of halogens is 4. The summed E-state index contributed by atoms with van der Waals surface area (Å²) in [7, 11) is 0. The molecule has 0 saturated heterocycles. The molecule has 1 aliphatic rings. The molecule has 0 radical (unpaired) electrons. The number of alkyl halides is 4. The standard InChI is InChI=1S/C20H20F4N4O3/c1-10-8-15(27-19(25-10)28-16(29)12-6-7-12)17(30)26-11(2)13-4-3-5-14(9-13)31-20(23,24)18(21)22/h3-5,8-9,11-12,18H,6-7H2,1-2H3,(H,26,30)(H,25,27,28,29). The van der Waals surface area contributed by atoms with E-state index in [0.29, 0.717) is 11.3 Å². The van der Waals surface area contributed by atoms with Crippen molar-refractivity contribution in [3.05, 3.63) is 47.3 Å². The quantitative estimate of drug-likeness (QED) is 0.608. The first kappa shape index (κ1) is 22.4. The zero-order valence-electron chi connectivity index (χ0n) is 16.7. The third kappa shape index (κ3) is 5.89. The van der Waals surface area contributed by atoms with E-state index < -0.39 is 30.2 Å². The lowest BCUT2D eigenvalue weighted by molar-refractivity contribution is -0.253. The monoisotopic (exact) mass is 440 g/mol. The summed E-state index contributed by atoms with van der Waals surface area (Å²) in [5.41, 5.74) is 0.814. The van der Waals surface area contributed by atoms with Crippen molar-refractivity contribution in [1.82, 2.24) is 15.3 Å². The summed E-state index contributed by atoms with van der Waals surface area (Å²) in [6.45, 7) is 3.21. The summed E-state index contributed by atoms with van der Waals surface area (Å²) < 4.78 is 55.0. The van der Waals surface area contributed by atoms with E-state index >= 15 is 0 Å². The van der Waals surface area contributed by atoms with Gasteiger partial charge >= 0.3 is 12.5 Å². The number of amides is 2. The minimum atomic E-state index is -4.63. The summed E-state index contributed by atoms with van der Waals surface area (Å²) in [5.74, 6) is -1.31. The Hall–Kier alpha value is -3.24. The lowest BCUT2D eigenvalue weighted by atomic mass is 10.1. The molecule has 7 nitrogen and oxygen atoms in total. The van der Waals surface area contributed by atoms with Crippen molar-refractivity contribution >= 4 is 17.8 Å². The van der Waals surface area contributed by atoms with Crippen LogP contribution in [0.4, 0.5) is 23.5 Å². The van der Waals surface area contributed by atoms with Crippen molar-refractivity contribution in [2.24, 2.45) is 5.92 Å². The number of benzene rings is 1. The summed E-state index contributed by atoms with van der Waals surface area (Å²) in [4.78, 5) is 32.6. The smallest absolute Gasteiger partial charge is 0.428 e. The van der Waals surface area contributed by atoms with Crippen molar-refractivity contribution < 1.29 is 31.9 Å². The third-order valence-corrected chi connectivity index (χ3v) is 4.48. The number of carbonyl (C=O) groups is 2. The highest BCUT2D eigenvalue weighted by Gasteiger charge is 2.44. The lowest BCUT2D eigenvalue weighted by Crippen LogP contribution is -2.33. The van der Waals surface area contributed by atoms with E-state index in [4.69, 9.17) is 0 Å². The first-order valence-electron chi connectivity index (χ1n) is 9.47. The normalized spacial score (nSPS) is 14.8. The number of rotatable bonds is 8. The number of hydrogen-bond donors (Lipinski definition) is 2. The second-order valence-electron chi connectivity index (χ2n) is 7.21. The van der Waals surface area contributed by atoms with Crippen LogP contribution in [0.1, 0.15) is 47.6 Å². The Bertz CT molecular complexity index is 983. The number of hydrogen-bond acceptors (Lipinski definition) is 5. The van der Waals surface area contributed by atoms with Crippen molar-refractivity contribution in [3.8, 4) is 5.75 Å². The molecule has 1 saturated carbocycles. The molecule has 0 aliphatic heterocycles. The molecule has 1 fully saturated rings. The third-order valence-electron chi connectivity index (χ3n) is 4.48. The second-order valence-corrected chi connectivity index (χ2v) is 7.21. The molecule has 166 valence electrons. The van der Waals surface area contributed by atoms with Gasteiger partial charge in [-0.2, -0.15) is 17.6 Å². The van der Waals surface area contributed by atoms with Gasteiger partial charge in [-0.15, -0.1) is 0 Å². The maximum Gasteiger partial charge on any atom is 0.461 e. The van der Waals surface area contributed by atoms with Crippen molar-refractivity contribution in [2.75, 3.05) is 5.32 Å². The topological polar surface area (TPSA) is 93.2 Å². The number of aryl methyl sites for hydroxylation is 1. The van der Waals surface area contributed by atoms with Gasteiger partial charge in [0.2, 0.25) is 11.9 Å². The van der Waals surface area contributed by atoms with Crippen molar-refractivity contribution in [1.29, 1.82) is 0 Å². The SMILES string of the molecule is Cc1cc(C(=O)NC(C)c2cccc(OC(F)(F)C(F)F)c2)nc(NC(=O)C2CC2)n1. The lowest BCUT2D eigenvalue weighted by Gasteiger charge is -2.19. The summed E-state index contributed by atoms with van der Waals surface area (Å²) in [5, 5.41) is 5.21. The van der Waals surface area contributed by atoms with Crippen LogP contribution in [0.15, 0.2) is 30.3 Å². The van der Waals surface area contributed by atoms with Crippen LogP contribution in [0, 0.1) is 12.8 Å². The highest BCUT2D eigenvalue weighted by molar-refractivity contribution is 5.95. The molecule has 2 amide bonds. The van der Waals surface area contributed by atoms with Crippen LogP contribution in [0.2, 0.25) is 0 Å². The number of aromatic nitrogens is 2. The molecule has 0 spiro atoms. The molecule has 0 bridgehead atoms. The first-order chi connectivity index (χ1) is 14.5. The van der Waals surface area contributed by atoms with Gasteiger partial charge in [-0.25, -0.2) is 9.97 Å². The molecule has 1 unspecified atom stereocenters.